The molecule has 0 radical (unpaired) electrons. The van der Waals surface area contributed by atoms with Crippen molar-refractivity contribution in [1.82, 2.24) is 0 Å². The Balaban J connectivity index is 0.00000192. The van der Waals surface area contributed by atoms with Crippen LogP contribution in [0.1, 0.15) is 27.0 Å². The highest BCUT2D eigenvalue weighted by molar-refractivity contribution is 5.98. The van der Waals surface area contributed by atoms with Crippen LogP contribution in [0.5, 0.6) is 0 Å². The summed E-state index contributed by atoms with van der Waals surface area (Å²) in [6.45, 7) is 6.46. The van der Waals surface area contributed by atoms with Crippen molar-refractivity contribution < 1.29 is 26.3 Å². The number of Topliss-reactive ketones (excluding diaryl/α,β-unsaturated/α-hetero) is 1. The van der Waals surface area contributed by atoms with E-state index in [0.717, 1.165) is 22.1 Å². The van der Waals surface area contributed by atoms with Gasteiger partial charge in [0.1, 0.15) is 0 Å². The van der Waals surface area contributed by atoms with Gasteiger partial charge in [0.25, 0.3) is 0 Å². The lowest BCUT2D eigenvalue weighted by molar-refractivity contribution is -0.681. The minimum Gasteiger partial charge on any atom is -1.00 e. The normalized spacial score (nSPS) is 10.4. The molecule has 0 N–H and O–H groups in total. The molecule has 0 saturated heterocycles. The average molecular weight is 370 g/mol. The van der Waals surface area contributed by atoms with Crippen molar-refractivity contribution in [1.29, 1.82) is 0 Å². The fourth-order valence-electron chi connectivity index (χ4n) is 3.14. The molecule has 0 aliphatic carbocycles. The van der Waals surface area contributed by atoms with Gasteiger partial charge in [-0.2, -0.15) is 4.57 Å². The Labute approximate surface area is 147 Å². The van der Waals surface area contributed by atoms with Crippen LogP contribution in [0.2, 0.25) is 0 Å². The molecule has 0 amide bonds. The topological polar surface area (TPSA) is 20.9 Å². The van der Waals surface area contributed by atoms with Crippen LogP contribution in [0.15, 0.2) is 54.9 Å². The van der Waals surface area contributed by atoms with Gasteiger partial charge >= 0.3 is 0 Å². The number of carbonyl (C=O) groups is 1. The van der Waals surface area contributed by atoms with Crippen LogP contribution in [-0.2, 0) is 6.54 Å². The van der Waals surface area contributed by atoms with E-state index in [0.29, 0.717) is 6.54 Å². The molecule has 3 rings (SSSR count). The summed E-state index contributed by atoms with van der Waals surface area (Å²) in [5.74, 6) is 0.162. The number of aryl methyl sites for hydroxylation is 3. The van der Waals surface area contributed by atoms with E-state index in [9.17, 15) is 4.79 Å². The summed E-state index contributed by atoms with van der Waals surface area (Å²) in [6, 6.07) is 14.4. The first-order valence-electron chi connectivity index (χ1n) is 7.53. The molecule has 2 nitrogen and oxygen atoms in total. The van der Waals surface area contributed by atoms with Crippen LogP contribution < -0.4 is 21.5 Å². The molecule has 23 heavy (non-hydrogen) atoms. The zero-order valence-corrected chi connectivity index (χ0v) is 15.2. The van der Waals surface area contributed by atoms with Crippen LogP contribution in [-0.4, -0.2) is 5.78 Å². The summed E-state index contributed by atoms with van der Waals surface area (Å²) in [5.41, 5.74) is 4.17. The number of carbonyl (C=O) groups excluding carboxylic acids is 1. The van der Waals surface area contributed by atoms with Gasteiger partial charge in [0.05, 0.1) is 0 Å². The molecule has 3 heteroatoms. The first-order chi connectivity index (χ1) is 10.5. The average Bonchev–Trinajstić information content (AvgIpc) is 2.46. The monoisotopic (exact) mass is 369 g/mol. The second-order valence-corrected chi connectivity index (χ2v) is 5.94. The Bertz CT molecular complexity index is 847. The van der Waals surface area contributed by atoms with Crippen LogP contribution in [0, 0.1) is 20.8 Å². The zero-order chi connectivity index (χ0) is 15.7. The van der Waals surface area contributed by atoms with Crippen molar-refractivity contribution in [3.63, 3.8) is 0 Å². The van der Waals surface area contributed by atoms with E-state index in [1.165, 1.54) is 10.9 Å². The van der Waals surface area contributed by atoms with E-state index in [1.807, 2.05) is 42.9 Å². The molecule has 3 aromatic rings. The molecule has 0 bridgehead atoms. The maximum atomic E-state index is 12.7. The smallest absolute Gasteiger partial charge is 0.228 e. The fourth-order valence-corrected chi connectivity index (χ4v) is 3.14. The van der Waals surface area contributed by atoms with Gasteiger partial charge in [-0.15, -0.1) is 0 Å². The highest BCUT2D eigenvalue weighted by Crippen LogP contribution is 2.17. The number of rotatable bonds is 3. The van der Waals surface area contributed by atoms with Gasteiger partial charge < -0.3 is 17.0 Å². The third-order valence-electron chi connectivity index (χ3n) is 4.03. The number of nitrogens with zero attached hydrogens (tertiary/aromatic N) is 1. The Kier molecular flexibility index (Phi) is 5.32. The highest BCUT2D eigenvalue weighted by Gasteiger charge is 2.17. The van der Waals surface area contributed by atoms with Gasteiger partial charge in [-0.25, -0.2) is 0 Å². The van der Waals surface area contributed by atoms with Crippen LogP contribution in [0.4, 0.5) is 0 Å². The molecule has 118 valence electrons. The lowest BCUT2D eigenvalue weighted by atomic mass is 9.96. The van der Waals surface area contributed by atoms with E-state index in [1.54, 1.807) is 0 Å². The highest BCUT2D eigenvalue weighted by atomic mass is 79.9. The molecule has 0 atom stereocenters. The lowest BCUT2D eigenvalue weighted by Crippen LogP contribution is -3.00. The van der Waals surface area contributed by atoms with Crippen molar-refractivity contribution in [3.05, 3.63) is 77.1 Å². The maximum Gasteiger partial charge on any atom is 0.228 e. The largest absolute Gasteiger partial charge is 1.00 e. The van der Waals surface area contributed by atoms with Crippen molar-refractivity contribution in [2.45, 2.75) is 27.3 Å². The van der Waals surface area contributed by atoms with Gasteiger partial charge in [-0.1, -0.05) is 35.9 Å². The molecule has 0 aliphatic rings. The number of hydrogen-bond donors (Lipinski definition) is 0. The number of benzene rings is 2. The molecule has 2 aromatic carbocycles. The standard InChI is InChI=1S/C20H20NO.BrH/c1-14-10-15(2)20(16(3)11-14)19(22)13-21-9-8-17-6-4-5-7-18(17)12-21;/h4-12H,13H2,1-3H3;1H/q+1;/p-1. The zero-order valence-electron chi connectivity index (χ0n) is 13.6. The van der Waals surface area contributed by atoms with E-state index >= 15 is 0 Å². The van der Waals surface area contributed by atoms with E-state index < -0.39 is 0 Å². The Morgan fingerprint density at radius 3 is 2.22 bits per heavy atom. The Morgan fingerprint density at radius 1 is 0.957 bits per heavy atom. The van der Waals surface area contributed by atoms with Crippen molar-refractivity contribution in [2.24, 2.45) is 0 Å². The van der Waals surface area contributed by atoms with E-state index in [2.05, 4.69) is 37.3 Å². The summed E-state index contributed by atoms with van der Waals surface area (Å²) in [7, 11) is 0. The third-order valence-corrected chi connectivity index (χ3v) is 4.03. The van der Waals surface area contributed by atoms with Crippen molar-refractivity contribution in [2.75, 3.05) is 0 Å². The Hall–Kier alpha value is -2.00. The second kappa shape index (κ2) is 7.05. The van der Waals surface area contributed by atoms with E-state index in [4.69, 9.17) is 0 Å². The maximum absolute atomic E-state index is 12.7. The number of ketones is 1. The third kappa shape index (κ3) is 3.67. The number of aromatic nitrogens is 1. The van der Waals surface area contributed by atoms with Gasteiger partial charge in [-0.3, -0.25) is 4.79 Å². The minimum absolute atomic E-state index is 0. The molecular formula is C20H20BrNO. The molecule has 0 unspecified atom stereocenters. The van der Waals surface area contributed by atoms with Gasteiger partial charge in [0, 0.05) is 17.0 Å². The first kappa shape index (κ1) is 17.4. The summed E-state index contributed by atoms with van der Waals surface area (Å²) >= 11 is 0. The number of hydrogen-bond acceptors (Lipinski definition) is 1. The van der Waals surface area contributed by atoms with Crippen LogP contribution >= 0.6 is 0 Å². The predicted octanol–water partition coefficient (Wildman–Crippen LogP) is 0.939. The quantitative estimate of drug-likeness (QED) is 0.497. The minimum atomic E-state index is 0. The number of fused-ring (bicyclic) bond motifs is 1. The molecule has 1 aromatic heterocycles. The predicted molar refractivity (Wildman–Crippen MR) is 89.1 cm³/mol. The molecule has 0 fully saturated rings. The summed E-state index contributed by atoms with van der Waals surface area (Å²) in [4.78, 5) is 12.7. The fraction of sp³-hybridized carbons (Fsp3) is 0.200. The van der Waals surface area contributed by atoms with Gasteiger partial charge in [0.2, 0.25) is 12.3 Å². The van der Waals surface area contributed by atoms with Crippen molar-refractivity contribution >= 4 is 16.6 Å². The Morgan fingerprint density at radius 2 is 1.57 bits per heavy atom. The number of pyridine rings is 1. The van der Waals surface area contributed by atoms with Crippen LogP contribution in [0.3, 0.4) is 0 Å². The molecule has 0 saturated carbocycles. The van der Waals surface area contributed by atoms with E-state index in [-0.39, 0.29) is 22.8 Å². The molecule has 1 heterocycles. The van der Waals surface area contributed by atoms with Crippen molar-refractivity contribution in [3.8, 4) is 0 Å². The molecule has 0 aliphatic heterocycles. The molecular weight excluding hydrogens is 350 g/mol. The van der Waals surface area contributed by atoms with Gasteiger partial charge in [0.15, 0.2) is 12.4 Å². The summed E-state index contributed by atoms with van der Waals surface area (Å²) in [6.07, 6.45) is 4.01. The first-order valence-corrected chi connectivity index (χ1v) is 7.53. The summed E-state index contributed by atoms with van der Waals surface area (Å²) < 4.78 is 1.96. The van der Waals surface area contributed by atoms with Crippen LogP contribution in [0.25, 0.3) is 10.8 Å². The lowest BCUT2D eigenvalue weighted by Gasteiger charge is -2.09. The van der Waals surface area contributed by atoms with Gasteiger partial charge in [-0.05, 0) is 43.4 Å². The summed E-state index contributed by atoms with van der Waals surface area (Å²) in [5, 5.41) is 2.34. The molecule has 0 spiro atoms. The number of halogens is 1. The second-order valence-electron chi connectivity index (χ2n) is 5.94. The SMILES string of the molecule is Cc1cc(C)c(C(=O)C[n+]2ccc3ccccc3c2)c(C)c1.[Br-].